The summed E-state index contributed by atoms with van der Waals surface area (Å²) in [5.74, 6) is 1.33. The summed E-state index contributed by atoms with van der Waals surface area (Å²) in [4.78, 5) is 16.3. The van der Waals surface area contributed by atoms with Crippen LogP contribution in [0.4, 0.5) is 5.69 Å². The number of aromatic nitrogens is 1. The quantitative estimate of drug-likeness (QED) is 0.874. The van der Waals surface area contributed by atoms with Crippen molar-refractivity contribution in [2.75, 3.05) is 11.9 Å². The second-order valence-electron chi connectivity index (χ2n) is 5.41. The number of rotatable bonds is 4. The highest BCUT2D eigenvalue weighted by molar-refractivity contribution is 5.92. The van der Waals surface area contributed by atoms with Crippen LogP contribution >= 0.6 is 0 Å². The summed E-state index contributed by atoms with van der Waals surface area (Å²) in [5.41, 5.74) is 6.59. The Kier molecular flexibility index (Phi) is 4.91. The van der Waals surface area contributed by atoms with E-state index < -0.39 is 0 Å². The van der Waals surface area contributed by atoms with Gasteiger partial charge < -0.3 is 11.1 Å². The molecule has 0 bridgehead atoms. The van der Waals surface area contributed by atoms with Gasteiger partial charge in [0.05, 0.1) is 0 Å². The van der Waals surface area contributed by atoms with E-state index in [2.05, 4.69) is 17.2 Å². The van der Waals surface area contributed by atoms with Gasteiger partial charge in [-0.2, -0.15) is 0 Å². The SMILES string of the molecule is CC[C@@H]1C[C@@H](CN)CC[C@H]1C(=O)Nc1ccncc1. The summed E-state index contributed by atoms with van der Waals surface area (Å²) in [5, 5.41) is 3.00. The van der Waals surface area contributed by atoms with Gasteiger partial charge in [-0.05, 0) is 49.8 Å². The van der Waals surface area contributed by atoms with E-state index >= 15 is 0 Å². The fraction of sp³-hybridized carbons (Fsp3) is 0.600. The molecule has 0 unspecified atom stereocenters. The van der Waals surface area contributed by atoms with Gasteiger partial charge in [0.2, 0.25) is 5.91 Å². The minimum Gasteiger partial charge on any atom is -0.330 e. The number of carbonyl (C=O) groups is 1. The number of nitrogens with two attached hydrogens (primary N) is 1. The largest absolute Gasteiger partial charge is 0.330 e. The predicted molar refractivity (Wildman–Crippen MR) is 76.5 cm³/mol. The van der Waals surface area contributed by atoms with E-state index in [-0.39, 0.29) is 11.8 Å². The lowest BCUT2D eigenvalue weighted by atomic mass is 9.72. The second-order valence-corrected chi connectivity index (χ2v) is 5.41. The van der Waals surface area contributed by atoms with Crippen molar-refractivity contribution in [2.45, 2.75) is 32.6 Å². The van der Waals surface area contributed by atoms with E-state index in [1.807, 2.05) is 12.1 Å². The molecule has 1 saturated carbocycles. The number of anilines is 1. The molecule has 2 rings (SSSR count). The van der Waals surface area contributed by atoms with Crippen LogP contribution < -0.4 is 11.1 Å². The summed E-state index contributed by atoms with van der Waals surface area (Å²) in [6.07, 6.45) is 7.54. The van der Waals surface area contributed by atoms with Crippen LogP contribution in [0.3, 0.4) is 0 Å². The highest BCUT2D eigenvalue weighted by Gasteiger charge is 2.33. The molecule has 0 aromatic carbocycles. The Morgan fingerprint density at radius 1 is 1.42 bits per heavy atom. The molecule has 0 aliphatic heterocycles. The lowest BCUT2D eigenvalue weighted by Gasteiger charge is -2.34. The third kappa shape index (κ3) is 3.53. The maximum absolute atomic E-state index is 12.4. The molecule has 0 radical (unpaired) electrons. The Balaban J connectivity index is 1.98. The number of pyridine rings is 1. The average Bonchev–Trinajstić information content (AvgIpc) is 2.47. The Bertz CT molecular complexity index is 407. The number of carbonyl (C=O) groups excluding carboxylic acids is 1. The number of nitrogens with zero attached hydrogens (tertiary/aromatic N) is 1. The van der Waals surface area contributed by atoms with Gasteiger partial charge in [0, 0.05) is 24.0 Å². The van der Waals surface area contributed by atoms with Crippen LogP contribution in [0.25, 0.3) is 0 Å². The first kappa shape index (κ1) is 14.0. The Morgan fingerprint density at radius 2 is 2.16 bits per heavy atom. The third-order valence-corrected chi connectivity index (χ3v) is 4.23. The van der Waals surface area contributed by atoms with Crippen LogP contribution in [0, 0.1) is 17.8 Å². The molecule has 3 N–H and O–H groups in total. The zero-order valence-corrected chi connectivity index (χ0v) is 11.5. The summed E-state index contributed by atoms with van der Waals surface area (Å²) in [6.45, 7) is 2.91. The van der Waals surface area contributed by atoms with Gasteiger partial charge in [-0.15, -0.1) is 0 Å². The molecule has 1 fully saturated rings. The topological polar surface area (TPSA) is 68.0 Å². The molecule has 4 heteroatoms. The van der Waals surface area contributed by atoms with Crippen molar-refractivity contribution in [1.82, 2.24) is 4.98 Å². The Labute approximate surface area is 114 Å². The number of hydrogen-bond donors (Lipinski definition) is 2. The first-order valence-electron chi connectivity index (χ1n) is 7.15. The van der Waals surface area contributed by atoms with E-state index in [0.29, 0.717) is 11.8 Å². The predicted octanol–water partition coefficient (Wildman–Crippen LogP) is 2.42. The monoisotopic (exact) mass is 261 g/mol. The molecule has 0 spiro atoms. The van der Waals surface area contributed by atoms with Crippen molar-refractivity contribution in [3.8, 4) is 0 Å². The van der Waals surface area contributed by atoms with Crippen molar-refractivity contribution in [3.63, 3.8) is 0 Å². The molecule has 1 heterocycles. The minimum atomic E-state index is 0.126. The fourth-order valence-corrected chi connectivity index (χ4v) is 3.04. The molecule has 4 nitrogen and oxygen atoms in total. The van der Waals surface area contributed by atoms with E-state index in [1.165, 1.54) is 0 Å². The summed E-state index contributed by atoms with van der Waals surface area (Å²) in [7, 11) is 0. The first-order chi connectivity index (χ1) is 9.24. The van der Waals surface area contributed by atoms with Gasteiger partial charge in [-0.25, -0.2) is 0 Å². The molecule has 19 heavy (non-hydrogen) atoms. The van der Waals surface area contributed by atoms with Crippen LogP contribution in [0.15, 0.2) is 24.5 Å². The lowest BCUT2D eigenvalue weighted by molar-refractivity contribution is -0.123. The minimum absolute atomic E-state index is 0.126. The van der Waals surface area contributed by atoms with Crippen molar-refractivity contribution < 1.29 is 4.79 Å². The molecule has 104 valence electrons. The normalized spacial score (nSPS) is 26.9. The average molecular weight is 261 g/mol. The van der Waals surface area contributed by atoms with Crippen LogP contribution in [0.1, 0.15) is 32.6 Å². The first-order valence-corrected chi connectivity index (χ1v) is 7.15. The molecule has 1 aliphatic rings. The molecule has 1 aromatic rings. The third-order valence-electron chi connectivity index (χ3n) is 4.23. The molecule has 0 saturated heterocycles. The van der Waals surface area contributed by atoms with E-state index in [4.69, 9.17) is 5.73 Å². The number of nitrogens with one attached hydrogen (secondary N) is 1. The van der Waals surface area contributed by atoms with Crippen LogP contribution in [-0.2, 0) is 4.79 Å². The lowest BCUT2D eigenvalue weighted by Crippen LogP contribution is -2.36. The smallest absolute Gasteiger partial charge is 0.227 e. The van der Waals surface area contributed by atoms with Crippen LogP contribution in [-0.4, -0.2) is 17.4 Å². The highest BCUT2D eigenvalue weighted by Crippen LogP contribution is 2.36. The van der Waals surface area contributed by atoms with Gasteiger partial charge in [0.25, 0.3) is 0 Å². The zero-order chi connectivity index (χ0) is 13.7. The fourth-order valence-electron chi connectivity index (χ4n) is 3.04. The van der Waals surface area contributed by atoms with Crippen LogP contribution in [0.2, 0.25) is 0 Å². The van der Waals surface area contributed by atoms with Crippen molar-refractivity contribution in [3.05, 3.63) is 24.5 Å². The standard InChI is InChI=1S/C15H23N3O/c1-2-12-9-11(10-16)3-4-14(12)15(19)18-13-5-7-17-8-6-13/h5-8,11-12,14H,2-4,9-10,16H2,1H3,(H,17,18,19)/t11-,12+,14+/m0/s1. The molecular formula is C15H23N3O. The highest BCUT2D eigenvalue weighted by atomic mass is 16.1. The summed E-state index contributed by atoms with van der Waals surface area (Å²) < 4.78 is 0. The molecule has 1 aromatic heterocycles. The zero-order valence-electron chi connectivity index (χ0n) is 11.5. The van der Waals surface area contributed by atoms with Gasteiger partial charge >= 0.3 is 0 Å². The summed E-state index contributed by atoms with van der Waals surface area (Å²) in [6, 6.07) is 3.65. The Morgan fingerprint density at radius 3 is 2.79 bits per heavy atom. The molecule has 3 atom stereocenters. The van der Waals surface area contributed by atoms with Crippen molar-refractivity contribution in [2.24, 2.45) is 23.5 Å². The van der Waals surface area contributed by atoms with E-state index in [0.717, 1.165) is 37.9 Å². The number of hydrogen-bond acceptors (Lipinski definition) is 3. The van der Waals surface area contributed by atoms with Gasteiger partial charge in [-0.1, -0.05) is 13.3 Å². The van der Waals surface area contributed by atoms with Gasteiger partial charge in [0.1, 0.15) is 0 Å². The second kappa shape index (κ2) is 6.66. The molecule has 1 amide bonds. The number of amides is 1. The van der Waals surface area contributed by atoms with E-state index in [9.17, 15) is 4.79 Å². The molecule has 1 aliphatic carbocycles. The maximum Gasteiger partial charge on any atom is 0.227 e. The van der Waals surface area contributed by atoms with Gasteiger partial charge in [-0.3, -0.25) is 9.78 Å². The summed E-state index contributed by atoms with van der Waals surface area (Å²) >= 11 is 0. The maximum atomic E-state index is 12.4. The van der Waals surface area contributed by atoms with Crippen molar-refractivity contribution in [1.29, 1.82) is 0 Å². The van der Waals surface area contributed by atoms with Crippen LogP contribution in [0.5, 0.6) is 0 Å². The van der Waals surface area contributed by atoms with Crippen molar-refractivity contribution >= 4 is 11.6 Å². The van der Waals surface area contributed by atoms with E-state index in [1.54, 1.807) is 12.4 Å². The Hall–Kier alpha value is -1.42. The molecular weight excluding hydrogens is 238 g/mol. The van der Waals surface area contributed by atoms with Gasteiger partial charge in [0.15, 0.2) is 0 Å².